The maximum absolute atomic E-state index is 12.9. The molecule has 0 saturated heterocycles. The number of anilines is 1. The van der Waals surface area contributed by atoms with Crippen molar-refractivity contribution >= 4 is 57.5 Å². The van der Waals surface area contributed by atoms with Gasteiger partial charge in [0.25, 0.3) is 0 Å². The molecule has 2 rings (SSSR count). The molecule has 146 valence electrons. The summed E-state index contributed by atoms with van der Waals surface area (Å²) in [5.74, 6) is 0.247. The summed E-state index contributed by atoms with van der Waals surface area (Å²) in [6.45, 7) is 2.91. The smallest absolute Gasteiger partial charge is 0.226 e. The minimum atomic E-state index is -0.261. The second-order valence-electron chi connectivity index (χ2n) is 5.74. The normalized spacial score (nSPS) is 10.7. The molecule has 0 fully saturated rings. The summed E-state index contributed by atoms with van der Waals surface area (Å²) < 4.78 is 13.8. The van der Waals surface area contributed by atoms with Gasteiger partial charge in [0.05, 0.1) is 0 Å². The fourth-order valence-electron chi connectivity index (χ4n) is 2.24. The number of nitrogens with zero attached hydrogens (tertiary/aromatic N) is 1. The summed E-state index contributed by atoms with van der Waals surface area (Å²) in [6.07, 6.45) is 0.309. The molecule has 2 aromatic rings. The lowest BCUT2D eigenvalue weighted by molar-refractivity contribution is -0.116. The van der Waals surface area contributed by atoms with Gasteiger partial charge < -0.3 is 16.0 Å². The number of hydrogen-bond acceptors (Lipinski definition) is 2. The van der Waals surface area contributed by atoms with Crippen LogP contribution in [0.4, 0.5) is 10.1 Å². The van der Waals surface area contributed by atoms with E-state index in [9.17, 15) is 9.18 Å². The van der Waals surface area contributed by atoms with Crippen molar-refractivity contribution in [3.8, 4) is 0 Å². The third kappa shape index (κ3) is 8.25. The number of aryl methyl sites for hydroxylation is 1. The summed E-state index contributed by atoms with van der Waals surface area (Å²) >= 11 is 3.40. The Morgan fingerprint density at radius 3 is 2.52 bits per heavy atom. The van der Waals surface area contributed by atoms with Crippen molar-refractivity contribution in [2.75, 3.05) is 18.9 Å². The predicted octanol–water partition coefficient (Wildman–Crippen LogP) is 4.21. The van der Waals surface area contributed by atoms with Crippen molar-refractivity contribution in [1.82, 2.24) is 10.6 Å². The predicted molar refractivity (Wildman–Crippen MR) is 122 cm³/mol. The second-order valence-corrected chi connectivity index (χ2v) is 6.65. The first-order chi connectivity index (χ1) is 12.5. The number of nitrogens with one attached hydrogen (secondary N) is 3. The van der Waals surface area contributed by atoms with E-state index in [1.54, 1.807) is 19.2 Å². The zero-order chi connectivity index (χ0) is 18.9. The Morgan fingerprint density at radius 1 is 1.15 bits per heavy atom. The van der Waals surface area contributed by atoms with E-state index in [-0.39, 0.29) is 35.7 Å². The number of guanidine groups is 1. The van der Waals surface area contributed by atoms with Crippen molar-refractivity contribution in [3.05, 3.63) is 63.9 Å². The van der Waals surface area contributed by atoms with Crippen molar-refractivity contribution in [2.24, 2.45) is 4.99 Å². The summed E-state index contributed by atoms with van der Waals surface area (Å²) in [7, 11) is 1.66. The summed E-state index contributed by atoms with van der Waals surface area (Å²) in [5.41, 5.74) is 2.74. The number of halogens is 3. The number of carbonyl (C=O) groups excluding carboxylic acids is 1. The SMILES string of the molecule is CN=C(NCCC(=O)Nc1cc(Br)ccc1C)NCc1ccc(F)cc1.I. The van der Waals surface area contributed by atoms with Gasteiger partial charge in [0.2, 0.25) is 5.91 Å². The maximum Gasteiger partial charge on any atom is 0.226 e. The Kier molecular flexibility index (Phi) is 10.3. The lowest BCUT2D eigenvalue weighted by atomic mass is 10.2. The van der Waals surface area contributed by atoms with Crippen molar-refractivity contribution in [3.63, 3.8) is 0 Å². The van der Waals surface area contributed by atoms with Crippen LogP contribution in [0.5, 0.6) is 0 Å². The molecule has 5 nitrogen and oxygen atoms in total. The Morgan fingerprint density at radius 2 is 1.85 bits per heavy atom. The van der Waals surface area contributed by atoms with Gasteiger partial charge in [0, 0.05) is 36.7 Å². The number of aliphatic imine (C=N–C) groups is 1. The molecule has 0 radical (unpaired) electrons. The van der Waals surface area contributed by atoms with Crippen LogP contribution in [0, 0.1) is 12.7 Å². The monoisotopic (exact) mass is 548 g/mol. The minimum absolute atomic E-state index is 0. The van der Waals surface area contributed by atoms with E-state index in [2.05, 4.69) is 36.9 Å². The highest BCUT2D eigenvalue weighted by Gasteiger charge is 2.06. The Labute approximate surface area is 184 Å². The molecular weight excluding hydrogens is 526 g/mol. The average Bonchev–Trinajstić information content (AvgIpc) is 2.62. The molecule has 0 heterocycles. The van der Waals surface area contributed by atoms with E-state index in [0.717, 1.165) is 21.3 Å². The van der Waals surface area contributed by atoms with Crippen LogP contribution in [-0.4, -0.2) is 25.5 Å². The van der Waals surface area contributed by atoms with E-state index in [1.807, 2.05) is 25.1 Å². The summed E-state index contributed by atoms with van der Waals surface area (Å²) in [4.78, 5) is 16.2. The van der Waals surface area contributed by atoms with Gasteiger partial charge in [0.15, 0.2) is 5.96 Å². The molecule has 0 aromatic heterocycles. The highest BCUT2D eigenvalue weighted by atomic mass is 127. The molecule has 0 bridgehead atoms. The minimum Gasteiger partial charge on any atom is -0.356 e. The van der Waals surface area contributed by atoms with Crippen molar-refractivity contribution in [1.29, 1.82) is 0 Å². The van der Waals surface area contributed by atoms with Crippen LogP contribution >= 0.6 is 39.9 Å². The highest BCUT2D eigenvalue weighted by Crippen LogP contribution is 2.20. The number of rotatable bonds is 6. The summed E-state index contributed by atoms with van der Waals surface area (Å²) in [6, 6.07) is 12.0. The first-order valence-corrected chi connectivity index (χ1v) is 9.02. The molecule has 0 spiro atoms. The van der Waals surface area contributed by atoms with Gasteiger partial charge in [-0.3, -0.25) is 9.79 Å². The number of amides is 1. The van der Waals surface area contributed by atoms with Crippen molar-refractivity contribution in [2.45, 2.75) is 19.9 Å². The Balaban J connectivity index is 0.00000364. The fraction of sp³-hybridized carbons (Fsp3) is 0.263. The van der Waals surface area contributed by atoms with Gasteiger partial charge in [-0.1, -0.05) is 34.1 Å². The third-order valence-electron chi connectivity index (χ3n) is 3.72. The second kappa shape index (κ2) is 11.9. The van der Waals surface area contributed by atoms with E-state index in [0.29, 0.717) is 25.5 Å². The first-order valence-electron chi connectivity index (χ1n) is 8.23. The molecule has 1 amide bonds. The fourth-order valence-corrected chi connectivity index (χ4v) is 2.61. The largest absolute Gasteiger partial charge is 0.356 e. The van der Waals surface area contributed by atoms with Crippen LogP contribution < -0.4 is 16.0 Å². The van der Waals surface area contributed by atoms with Gasteiger partial charge in [-0.25, -0.2) is 4.39 Å². The van der Waals surface area contributed by atoms with Crippen LogP contribution in [0.2, 0.25) is 0 Å². The summed E-state index contributed by atoms with van der Waals surface area (Å²) in [5, 5.41) is 9.11. The number of carbonyl (C=O) groups is 1. The zero-order valence-electron chi connectivity index (χ0n) is 15.2. The van der Waals surface area contributed by atoms with Crippen LogP contribution in [-0.2, 0) is 11.3 Å². The molecule has 27 heavy (non-hydrogen) atoms. The molecule has 0 aliphatic heterocycles. The van der Waals surface area contributed by atoms with Gasteiger partial charge in [-0.05, 0) is 42.3 Å². The van der Waals surface area contributed by atoms with Gasteiger partial charge >= 0.3 is 0 Å². The van der Waals surface area contributed by atoms with E-state index < -0.39 is 0 Å². The lowest BCUT2D eigenvalue weighted by Gasteiger charge is -2.13. The molecule has 3 N–H and O–H groups in total. The van der Waals surface area contributed by atoms with Gasteiger partial charge in [0.1, 0.15) is 5.82 Å². The molecule has 8 heteroatoms. The molecule has 0 unspecified atom stereocenters. The molecule has 0 saturated carbocycles. The van der Waals surface area contributed by atoms with Gasteiger partial charge in [-0.15, -0.1) is 24.0 Å². The first kappa shape index (κ1) is 23.4. The third-order valence-corrected chi connectivity index (χ3v) is 4.21. The Bertz CT molecular complexity index is 784. The topological polar surface area (TPSA) is 65.5 Å². The van der Waals surface area contributed by atoms with E-state index >= 15 is 0 Å². The number of hydrogen-bond donors (Lipinski definition) is 3. The van der Waals surface area contributed by atoms with Crippen LogP contribution in [0.15, 0.2) is 51.9 Å². The number of benzene rings is 2. The quantitative estimate of drug-likeness (QED) is 0.288. The molecule has 0 atom stereocenters. The van der Waals surface area contributed by atoms with Gasteiger partial charge in [-0.2, -0.15) is 0 Å². The molecule has 0 aliphatic carbocycles. The van der Waals surface area contributed by atoms with E-state index in [1.165, 1.54) is 12.1 Å². The van der Waals surface area contributed by atoms with E-state index in [4.69, 9.17) is 0 Å². The molecular formula is C19H23BrFIN4O. The molecule has 0 aliphatic rings. The maximum atomic E-state index is 12.9. The lowest BCUT2D eigenvalue weighted by Crippen LogP contribution is -2.38. The molecule has 2 aromatic carbocycles. The average molecular weight is 549 g/mol. The standard InChI is InChI=1S/C19H22BrFN4O.HI/c1-13-3-6-15(20)11-17(13)25-18(26)9-10-23-19(22-2)24-12-14-4-7-16(21)8-5-14;/h3-8,11H,9-10,12H2,1-2H3,(H,25,26)(H2,22,23,24);1H. The van der Waals surface area contributed by atoms with Crippen molar-refractivity contribution < 1.29 is 9.18 Å². The van der Waals surface area contributed by atoms with Crippen LogP contribution in [0.25, 0.3) is 0 Å². The van der Waals surface area contributed by atoms with Crippen LogP contribution in [0.1, 0.15) is 17.5 Å². The highest BCUT2D eigenvalue weighted by molar-refractivity contribution is 14.0. The Hall–Kier alpha value is -1.68. The van der Waals surface area contributed by atoms with Crippen LogP contribution in [0.3, 0.4) is 0 Å². The zero-order valence-corrected chi connectivity index (χ0v) is 19.1.